The third-order valence-electron chi connectivity index (χ3n) is 2.57. The summed E-state index contributed by atoms with van der Waals surface area (Å²) < 4.78 is 75.9. The Labute approximate surface area is 139 Å². The van der Waals surface area contributed by atoms with E-state index in [1.54, 1.807) is 0 Å². The van der Waals surface area contributed by atoms with Crippen LogP contribution in [0.2, 0.25) is 10.0 Å². The highest BCUT2D eigenvalue weighted by Gasteiger charge is 2.34. The molecule has 0 unspecified atom stereocenters. The molecule has 0 atom stereocenters. The lowest BCUT2D eigenvalue weighted by Gasteiger charge is -2.14. The number of aromatic nitrogens is 2. The monoisotopic (exact) mass is 395 g/mol. The molecule has 2 rings (SSSR count). The zero-order valence-corrected chi connectivity index (χ0v) is 13.0. The second-order valence-electron chi connectivity index (χ2n) is 4.14. The van der Waals surface area contributed by atoms with Crippen LogP contribution in [0.15, 0.2) is 23.5 Å². The van der Waals surface area contributed by atoms with E-state index < -0.39 is 49.9 Å². The zero-order valence-electron chi connectivity index (χ0n) is 10.6. The Kier molecular flexibility index (Phi) is 4.71. The summed E-state index contributed by atoms with van der Waals surface area (Å²) in [5.74, 6) is -0.448. The van der Waals surface area contributed by atoms with E-state index in [2.05, 4.69) is 4.98 Å². The molecule has 126 valence electrons. The first-order chi connectivity index (χ1) is 10.4. The first-order valence-electron chi connectivity index (χ1n) is 5.55. The number of rotatable bonds is 2. The number of hydrogen-bond donors (Lipinski definition) is 1. The van der Waals surface area contributed by atoms with Crippen molar-refractivity contribution in [3.63, 3.8) is 0 Å². The van der Waals surface area contributed by atoms with Gasteiger partial charge in [-0.2, -0.15) is 26.3 Å². The third-order valence-corrected chi connectivity index (χ3v) is 3.88. The number of nitrogens with zero attached hydrogens (tertiary/aromatic N) is 2. The van der Waals surface area contributed by atoms with E-state index in [-0.39, 0.29) is 5.69 Å². The molecule has 3 nitrogen and oxygen atoms in total. The van der Waals surface area contributed by atoms with Crippen molar-refractivity contribution in [2.75, 3.05) is 5.73 Å². The van der Waals surface area contributed by atoms with Gasteiger partial charge in [-0.1, -0.05) is 23.2 Å². The van der Waals surface area contributed by atoms with E-state index in [1.165, 1.54) is 0 Å². The first-order valence-corrected chi connectivity index (χ1v) is 7.12. The van der Waals surface area contributed by atoms with Crippen molar-refractivity contribution < 1.29 is 26.3 Å². The molecule has 0 bridgehead atoms. The van der Waals surface area contributed by atoms with Crippen molar-refractivity contribution in [3.05, 3.63) is 34.1 Å². The lowest BCUT2D eigenvalue weighted by molar-refractivity contribution is -0.137. The number of anilines is 1. The minimum atomic E-state index is -4.68. The summed E-state index contributed by atoms with van der Waals surface area (Å²) in [5.41, 5.74) is -0.371. The zero-order chi connectivity index (χ0) is 17.6. The van der Waals surface area contributed by atoms with Crippen molar-refractivity contribution in [3.8, 4) is 5.69 Å². The van der Waals surface area contributed by atoms with Gasteiger partial charge in [0.25, 0.3) is 0 Å². The number of thioether (sulfide) groups is 1. The van der Waals surface area contributed by atoms with E-state index in [1.807, 2.05) is 0 Å². The highest BCUT2D eigenvalue weighted by atomic mass is 35.5. The molecular formula is C11H5Cl2F6N3S. The summed E-state index contributed by atoms with van der Waals surface area (Å²) in [4.78, 5) is 3.47. The van der Waals surface area contributed by atoms with Crippen LogP contribution >= 0.6 is 35.0 Å². The summed E-state index contributed by atoms with van der Waals surface area (Å²) in [7, 11) is 0. The van der Waals surface area contributed by atoms with Crippen LogP contribution in [0.5, 0.6) is 0 Å². The average Bonchev–Trinajstić information content (AvgIpc) is 2.68. The Bertz CT molecular complexity index is 717. The third kappa shape index (κ3) is 3.99. The molecule has 2 aromatic rings. The Morgan fingerprint density at radius 3 is 2.00 bits per heavy atom. The summed E-state index contributed by atoms with van der Waals surface area (Å²) >= 11 is 11.0. The van der Waals surface area contributed by atoms with Crippen molar-refractivity contribution in [1.29, 1.82) is 0 Å². The Balaban J connectivity index is 2.52. The molecule has 1 aromatic heterocycles. The fourth-order valence-corrected chi connectivity index (χ4v) is 2.86. The van der Waals surface area contributed by atoms with Gasteiger partial charge < -0.3 is 5.73 Å². The van der Waals surface area contributed by atoms with Crippen LogP contribution in [0, 0.1) is 0 Å². The fraction of sp³-hybridized carbons (Fsp3) is 0.182. The number of nitrogens with two attached hydrogens (primary N) is 1. The predicted octanol–water partition coefficient (Wildman–Crippen LogP) is 5.39. The van der Waals surface area contributed by atoms with Gasteiger partial charge in [0, 0.05) is 11.8 Å². The number of halogens is 8. The molecular weight excluding hydrogens is 391 g/mol. The average molecular weight is 396 g/mol. The highest BCUT2D eigenvalue weighted by molar-refractivity contribution is 8.00. The largest absolute Gasteiger partial charge is 0.447 e. The molecule has 0 fully saturated rings. The normalized spacial score (nSPS) is 12.7. The van der Waals surface area contributed by atoms with Crippen LogP contribution in [-0.2, 0) is 6.18 Å². The van der Waals surface area contributed by atoms with Gasteiger partial charge in [0.15, 0.2) is 0 Å². The van der Waals surface area contributed by atoms with Crippen LogP contribution in [0.1, 0.15) is 5.56 Å². The highest BCUT2D eigenvalue weighted by Crippen LogP contribution is 2.42. The number of benzene rings is 1. The fourth-order valence-electron chi connectivity index (χ4n) is 1.67. The maximum absolute atomic E-state index is 12.7. The number of alkyl halides is 6. The summed E-state index contributed by atoms with van der Waals surface area (Å²) in [5, 5.41) is -1.43. The molecule has 2 N–H and O–H groups in total. The lowest BCUT2D eigenvalue weighted by Crippen LogP contribution is -2.08. The Hall–Kier alpha value is -1.26. The number of imidazole rings is 1. The molecule has 0 radical (unpaired) electrons. The van der Waals surface area contributed by atoms with Crippen molar-refractivity contribution >= 4 is 40.8 Å². The summed E-state index contributed by atoms with van der Waals surface area (Å²) in [6, 6.07) is 1.19. The molecule has 0 saturated heterocycles. The summed E-state index contributed by atoms with van der Waals surface area (Å²) in [6.07, 6.45) is -3.78. The SMILES string of the molecule is Nc1c(SC(F)(F)F)ncn1-c1c(Cl)cc(C(F)(F)F)cc1Cl. The standard InChI is InChI=1S/C11H5Cl2F6N3S/c12-5-1-4(10(14,15)16)2-6(13)7(5)22-3-21-9(8(22)20)23-11(17,18)19/h1-3H,20H2. The van der Waals surface area contributed by atoms with Crippen LogP contribution in [0.3, 0.4) is 0 Å². The van der Waals surface area contributed by atoms with E-state index in [4.69, 9.17) is 28.9 Å². The summed E-state index contributed by atoms with van der Waals surface area (Å²) in [6.45, 7) is 0. The molecule has 23 heavy (non-hydrogen) atoms. The Morgan fingerprint density at radius 1 is 1.04 bits per heavy atom. The van der Waals surface area contributed by atoms with Crippen molar-refractivity contribution in [2.24, 2.45) is 0 Å². The number of hydrogen-bond acceptors (Lipinski definition) is 3. The minimum absolute atomic E-state index is 0.194. The van der Waals surface area contributed by atoms with Crippen molar-refractivity contribution in [1.82, 2.24) is 9.55 Å². The molecule has 12 heteroatoms. The Morgan fingerprint density at radius 2 is 1.57 bits per heavy atom. The molecule has 1 aromatic carbocycles. The quantitative estimate of drug-likeness (QED) is 0.547. The van der Waals surface area contributed by atoms with E-state index in [0.717, 1.165) is 10.9 Å². The van der Waals surface area contributed by atoms with E-state index >= 15 is 0 Å². The smallest absolute Gasteiger partial charge is 0.383 e. The molecule has 1 heterocycles. The van der Waals surface area contributed by atoms with E-state index in [9.17, 15) is 26.3 Å². The van der Waals surface area contributed by atoms with Crippen LogP contribution in [0.25, 0.3) is 5.69 Å². The molecule has 0 aliphatic carbocycles. The van der Waals surface area contributed by atoms with Gasteiger partial charge in [-0.05, 0) is 12.1 Å². The maximum atomic E-state index is 12.7. The molecule has 0 amide bonds. The molecule has 0 saturated carbocycles. The predicted molar refractivity (Wildman–Crippen MR) is 74.9 cm³/mol. The van der Waals surface area contributed by atoms with Gasteiger partial charge in [-0.15, -0.1) is 0 Å². The van der Waals surface area contributed by atoms with Gasteiger partial charge in [0.1, 0.15) is 17.2 Å². The second kappa shape index (κ2) is 5.99. The number of nitrogen functional groups attached to an aromatic ring is 1. The first kappa shape index (κ1) is 18.1. The van der Waals surface area contributed by atoms with Crippen LogP contribution in [-0.4, -0.2) is 15.1 Å². The van der Waals surface area contributed by atoms with Gasteiger partial charge in [-0.25, -0.2) is 4.98 Å². The second-order valence-corrected chi connectivity index (χ2v) is 6.01. The maximum Gasteiger partial charge on any atom is 0.447 e. The topological polar surface area (TPSA) is 43.8 Å². The van der Waals surface area contributed by atoms with Gasteiger partial charge in [0.2, 0.25) is 0 Å². The van der Waals surface area contributed by atoms with Gasteiger partial charge >= 0.3 is 11.7 Å². The van der Waals surface area contributed by atoms with E-state index in [0.29, 0.717) is 12.1 Å². The van der Waals surface area contributed by atoms with Gasteiger partial charge in [-0.3, -0.25) is 4.57 Å². The molecule has 0 aliphatic rings. The molecule has 0 spiro atoms. The lowest BCUT2D eigenvalue weighted by atomic mass is 10.2. The van der Waals surface area contributed by atoms with Gasteiger partial charge in [0.05, 0.1) is 21.3 Å². The minimum Gasteiger partial charge on any atom is -0.383 e. The van der Waals surface area contributed by atoms with Crippen molar-refractivity contribution in [2.45, 2.75) is 16.7 Å². The molecule has 0 aliphatic heterocycles. The van der Waals surface area contributed by atoms with Crippen LogP contribution in [0.4, 0.5) is 32.2 Å². The van der Waals surface area contributed by atoms with Crippen LogP contribution < -0.4 is 5.73 Å².